The molecule has 3 rings (SSSR count). The number of nitrogens with two attached hydrogens (primary N) is 1. The van der Waals surface area contributed by atoms with Gasteiger partial charge in [-0.3, -0.25) is 9.59 Å². The van der Waals surface area contributed by atoms with Crippen molar-refractivity contribution in [2.45, 2.75) is 57.8 Å². The van der Waals surface area contributed by atoms with Crippen molar-refractivity contribution in [3.05, 3.63) is 65.5 Å². The van der Waals surface area contributed by atoms with Gasteiger partial charge in [0, 0.05) is 6.42 Å². The lowest BCUT2D eigenvalue weighted by Gasteiger charge is -2.32. The Hall–Kier alpha value is -2.71. The van der Waals surface area contributed by atoms with E-state index in [2.05, 4.69) is 5.32 Å². The van der Waals surface area contributed by atoms with E-state index in [0.717, 1.165) is 11.0 Å². The van der Waals surface area contributed by atoms with Crippen LogP contribution < -0.4 is 16.5 Å². The van der Waals surface area contributed by atoms with Crippen LogP contribution in [0.1, 0.15) is 38.8 Å². The smallest absolute Gasteiger partial charge is 0.399 e. The summed E-state index contributed by atoms with van der Waals surface area (Å²) in [7, 11) is -0.471. The number of carbonyl (C=O) groups is 2. The zero-order valence-electron chi connectivity index (χ0n) is 18.3. The maximum absolute atomic E-state index is 13.0. The molecule has 1 heterocycles. The van der Waals surface area contributed by atoms with Gasteiger partial charge in [0.1, 0.15) is 11.9 Å². The highest BCUT2D eigenvalue weighted by atomic mass is 19.1. The maximum atomic E-state index is 13.0. The Bertz CT molecular complexity index is 929. The number of hydrogen-bond acceptors (Lipinski definition) is 4. The van der Waals surface area contributed by atoms with Crippen molar-refractivity contribution in [2.24, 2.45) is 5.73 Å². The molecule has 8 heteroatoms. The molecule has 1 aliphatic rings. The Morgan fingerprint density at radius 1 is 0.968 bits per heavy atom. The molecule has 0 spiro atoms. The molecule has 31 heavy (non-hydrogen) atoms. The second kappa shape index (κ2) is 8.81. The summed E-state index contributed by atoms with van der Waals surface area (Å²) in [6, 6.07) is 12.3. The van der Waals surface area contributed by atoms with E-state index >= 15 is 0 Å². The number of carbonyl (C=O) groups excluding carboxylic acids is 2. The summed E-state index contributed by atoms with van der Waals surface area (Å²) in [6.45, 7) is 7.97. The third-order valence-corrected chi connectivity index (χ3v) is 5.90. The quantitative estimate of drug-likeness (QED) is 0.662. The molecule has 164 valence electrons. The minimum Gasteiger partial charge on any atom is -0.399 e. The van der Waals surface area contributed by atoms with Gasteiger partial charge in [0.2, 0.25) is 11.8 Å². The van der Waals surface area contributed by atoms with E-state index in [1.54, 1.807) is 0 Å². The number of benzene rings is 2. The van der Waals surface area contributed by atoms with Crippen LogP contribution in [0.25, 0.3) is 0 Å². The summed E-state index contributed by atoms with van der Waals surface area (Å²) < 4.78 is 25.1. The van der Waals surface area contributed by atoms with Crippen LogP contribution in [0.15, 0.2) is 48.5 Å². The summed E-state index contributed by atoms with van der Waals surface area (Å²) in [4.78, 5) is 24.2. The largest absolute Gasteiger partial charge is 0.494 e. The van der Waals surface area contributed by atoms with E-state index in [1.807, 2.05) is 52.0 Å². The Morgan fingerprint density at radius 3 is 2.00 bits per heavy atom. The van der Waals surface area contributed by atoms with Crippen molar-refractivity contribution in [3.8, 4) is 0 Å². The van der Waals surface area contributed by atoms with Crippen LogP contribution in [-0.2, 0) is 31.7 Å². The van der Waals surface area contributed by atoms with Crippen molar-refractivity contribution in [1.29, 1.82) is 0 Å². The minimum absolute atomic E-state index is 0.0327. The predicted octanol–water partition coefficient (Wildman–Crippen LogP) is 1.88. The second-order valence-electron chi connectivity index (χ2n) is 8.86. The summed E-state index contributed by atoms with van der Waals surface area (Å²) in [5.41, 5.74) is 6.99. The number of hydrogen-bond donors (Lipinski definition) is 2. The molecule has 2 aromatic rings. The fourth-order valence-corrected chi connectivity index (χ4v) is 3.28. The lowest BCUT2D eigenvalue weighted by molar-refractivity contribution is -0.127. The standard InChI is InChI=1S/C23H28BFN2O4/c1-22(2)23(3,4)31-24(30-22)17-9-5-15(6-10-17)13-19(21(26)29)27-20(28)14-16-7-11-18(25)12-8-16/h5-12,19H,13-14H2,1-4H3,(H2,26,29)(H,27,28)/t19-/m0/s1. The summed E-state index contributed by atoms with van der Waals surface area (Å²) in [5.74, 6) is -1.35. The molecule has 0 aromatic heterocycles. The molecular weight excluding hydrogens is 398 g/mol. The summed E-state index contributed by atoms with van der Waals surface area (Å²) in [5, 5.41) is 2.66. The van der Waals surface area contributed by atoms with Crippen LogP contribution >= 0.6 is 0 Å². The van der Waals surface area contributed by atoms with Gasteiger partial charge in [0.15, 0.2) is 0 Å². The van der Waals surface area contributed by atoms with Crippen molar-refractivity contribution in [3.63, 3.8) is 0 Å². The van der Waals surface area contributed by atoms with E-state index < -0.39 is 30.3 Å². The highest BCUT2D eigenvalue weighted by Crippen LogP contribution is 2.36. The molecule has 1 saturated heterocycles. The highest BCUT2D eigenvalue weighted by molar-refractivity contribution is 6.62. The first-order valence-electron chi connectivity index (χ1n) is 10.2. The molecule has 2 aromatic carbocycles. The molecule has 0 bridgehead atoms. The second-order valence-corrected chi connectivity index (χ2v) is 8.86. The molecule has 6 nitrogen and oxygen atoms in total. The van der Waals surface area contributed by atoms with Gasteiger partial charge in [-0.2, -0.15) is 0 Å². The number of rotatable bonds is 7. The van der Waals surface area contributed by atoms with Crippen molar-refractivity contribution in [2.75, 3.05) is 0 Å². The van der Waals surface area contributed by atoms with Gasteiger partial charge in [0.05, 0.1) is 17.6 Å². The molecule has 0 aliphatic carbocycles. The van der Waals surface area contributed by atoms with Crippen molar-refractivity contribution in [1.82, 2.24) is 5.32 Å². The van der Waals surface area contributed by atoms with Gasteiger partial charge in [-0.05, 0) is 56.4 Å². The first-order valence-corrected chi connectivity index (χ1v) is 10.2. The molecule has 3 N–H and O–H groups in total. The van der Waals surface area contributed by atoms with Gasteiger partial charge >= 0.3 is 7.12 Å². The Balaban J connectivity index is 1.62. The fourth-order valence-electron chi connectivity index (χ4n) is 3.28. The zero-order valence-corrected chi connectivity index (χ0v) is 18.3. The average Bonchev–Trinajstić information content (AvgIpc) is 2.91. The van der Waals surface area contributed by atoms with Crippen LogP contribution in [0, 0.1) is 5.82 Å². The van der Waals surface area contributed by atoms with Crippen LogP contribution in [-0.4, -0.2) is 36.2 Å². The normalized spacial score (nSPS) is 17.9. The third-order valence-electron chi connectivity index (χ3n) is 5.90. The van der Waals surface area contributed by atoms with Crippen LogP contribution in [0.3, 0.4) is 0 Å². The molecule has 1 atom stereocenters. The van der Waals surface area contributed by atoms with E-state index in [0.29, 0.717) is 5.56 Å². The lowest BCUT2D eigenvalue weighted by Crippen LogP contribution is -2.46. The number of primary amides is 1. The van der Waals surface area contributed by atoms with Gasteiger partial charge in [-0.15, -0.1) is 0 Å². The zero-order chi connectivity index (χ0) is 22.8. The van der Waals surface area contributed by atoms with E-state index in [-0.39, 0.29) is 24.6 Å². The molecule has 2 amide bonds. The van der Waals surface area contributed by atoms with Crippen molar-refractivity contribution < 1.29 is 23.3 Å². The van der Waals surface area contributed by atoms with E-state index in [4.69, 9.17) is 15.0 Å². The number of amides is 2. The first kappa shape index (κ1) is 23.0. The summed E-state index contributed by atoms with van der Waals surface area (Å²) in [6.07, 6.45) is 0.291. The average molecular weight is 426 g/mol. The Kier molecular flexibility index (Phi) is 6.52. The topological polar surface area (TPSA) is 90.6 Å². The molecule has 1 fully saturated rings. The van der Waals surface area contributed by atoms with Crippen LogP contribution in [0.5, 0.6) is 0 Å². The lowest BCUT2D eigenvalue weighted by atomic mass is 9.78. The number of halogens is 1. The first-order chi connectivity index (χ1) is 14.5. The summed E-state index contributed by atoms with van der Waals surface area (Å²) >= 11 is 0. The van der Waals surface area contributed by atoms with Crippen molar-refractivity contribution >= 4 is 24.4 Å². The van der Waals surface area contributed by atoms with E-state index in [1.165, 1.54) is 24.3 Å². The molecule has 0 saturated carbocycles. The van der Waals surface area contributed by atoms with Gasteiger partial charge in [-0.25, -0.2) is 4.39 Å². The molecule has 0 unspecified atom stereocenters. The Morgan fingerprint density at radius 2 is 1.48 bits per heavy atom. The van der Waals surface area contributed by atoms with Crippen LogP contribution in [0.2, 0.25) is 0 Å². The van der Waals surface area contributed by atoms with E-state index in [9.17, 15) is 14.0 Å². The SMILES string of the molecule is CC1(C)OB(c2ccc(C[C@H](NC(=O)Cc3ccc(F)cc3)C(N)=O)cc2)OC1(C)C. The third kappa shape index (κ3) is 5.51. The monoisotopic (exact) mass is 426 g/mol. The van der Waals surface area contributed by atoms with Gasteiger partial charge < -0.3 is 20.4 Å². The van der Waals surface area contributed by atoms with Crippen LogP contribution in [0.4, 0.5) is 4.39 Å². The predicted molar refractivity (Wildman–Crippen MR) is 117 cm³/mol. The maximum Gasteiger partial charge on any atom is 0.494 e. The van der Waals surface area contributed by atoms with Gasteiger partial charge in [-0.1, -0.05) is 36.4 Å². The van der Waals surface area contributed by atoms with Gasteiger partial charge in [0.25, 0.3) is 0 Å². The highest BCUT2D eigenvalue weighted by Gasteiger charge is 2.51. The molecule has 1 aliphatic heterocycles. The Labute approximate surface area is 182 Å². The number of nitrogens with one attached hydrogen (secondary N) is 1. The molecular formula is C23H28BFN2O4. The fraction of sp³-hybridized carbons (Fsp3) is 0.391. The molecule has 0 radical (unpaired) electrons. The minimum atomic E-state index is -0.851.